The topological polar surface area (TPSA) is 66.6 Å². The summed E-state index contributed by atoms with van der Waals surface area (Å²) in [7, 11) is 0. The summed E-state index contributed by atoms with van der Waals surface area (Å²) in [5.74, 6) is 0.583. The van der Waals surface area contributed by atoms with E-state index in [2.05, 4.69) is 6.92 Å². The number of hydrogen-bond donors (Lipinski definition) is 1. The molecule has 1 aromatic rings. The van der Waals surface area contributed by atoms with Crippen LogP contribution in [0.25, 0.3) is 0 Å². The molecule has 0 saturated carbocycles. The van der Waals surface area contributed by atoms with Crippen LogP contribution in [0.2, 0.25) is 0 Å². The smallest absolute Gasteiger partial charge is 0.228 e. The van der Waals surface area contributed by atoms with Crippen molar-refractivity contribution in [3.63, 3.8) is 0 Å². The summed E-state index contributed by atoms with van der Waals surface area (Å²) >= 11 is 0. The monoisotopic (exact) mass is 329 g/mol. The van der Waals surface area contributed by atoms with Crippen molar-refractivity contribution in [2.45, 2.75) is 38.8 Å². The molecule has 2 aliphatic heterocycles. The first-order valence-corrected chi connectivity index (χ1v) is 8.90. The minimum Gasteiger partial charge on any atom is -0.338 e. The average molecular weight is 329 g/mol. The summed E-state index contributed by atoms with van der Waals surface area (Å²) in [4.78, 5) is 29.0. The fraction of sp³-hybridized carbons (Fsp3) is 0.579. The van der Waals surface area contributed by atoms with E-state index in [1.54, 1.807) is 0 Å². The van der Waals surface area contributed by atoms with Gasteiger partial charge in [0.2, 0.25) is 11.8 Å². The summed E-state index contributed by atoms with van der Waals surface area (Å²) in [5, 5.41) is 0. The van der Waals surface area contributed by atoms with Gasteiger partial charge in [0.05, 0.1) is 5.92 Å². The van der Waals surface area contributed by atoms with Gasteiger partial charge in [-0.25, -0.2) is 0 Å². The lowest BCUT2D eigenvalue weighted by Crippen LogP contribution is -2.51. The number of nitrogens with two attached hydrogens (primary N) is 1. The largest absolute Gasteiger partial charge is 0.338 e. The minimum atomic E-state index is -0.219. The predicted molar refractivity (Wildman–Crippen MR) is 92.9 cm³/mol. The first kappa shape index (κ1) is 17.0. The third-order valence-corrected chi connectivity index (χ3v) is 5.31. The molecule has 0 bridgehead atoms. The summed E-state index contributed by atoms with van der Waals surface area (Å²) in [5.41, 5.74) is 6.98. The van der Waals surface area contributed by atoms with Crippen LogP contribution in [-0.4, -0.2) is 47.3 Å². The lowest BCUT2D eigenvalue weighted by Gasteiger charge is -2.39. The minimum absolute atomic E-state index is 0.0758. The molecule has 3 atom stereocenters. The van der Waals surface area contributed by atoms with Crippen LogP contribution in [-0.2, 0) is 16.1 Å². The number of nitrogens with zero attached hydrogens (tertiary/aromatic N) is 2. The summed E-state index contributed by atoms with van der Waals surface area (Å²) in [6, 6.07) is 10.1. The zero-order chi connectivity index (χ0) is 17.1. The van der Waals surface area contributed by atoms with Gasteiger partial charge < -0.3 is 15.5 Å². The van der Waals surface area contributed by atoms with E-state index in [0.29, 0.717) is 32.0 Å². The van der Waals surface area contributed by atoms with Gasteiger partial charge in [0.25, 0.3) is 0 Å². The van der Waals surface area contributed by atoms with Crippen molar-refractivity contribution in [3.05, 3.63) is 35.9 Å². The Hall–Kier alpha value is -1.88. The Morgan fingerprint density at radius 2 is 2.04 bits per heavy atom. The van der Waals surface area contributed by atoms with Gasteiger partial charge in [-0.1, -0.05) is 37.3 Å². The van der Waals surface area contributed by atoms with Crippen LogP contribution >= 0.6 is 0 Å². The Balaban J connectivity index is 1.63. The number of benzene rings is 1. The highest BCUT2D eigenvalue weighted by atomic mass is 16.2. The van der Waals surface area contributed by atoms with Crippen molar-refractivity contribution in [2.24, 2.45) is 17.6 Å². The zero-order valence-electron chi connectivity index (χ0n) is 14.4. The molecule has 2 heterocycles. The maximum Gasteiger partial charge on any atom is 0.228 e. The Morgan fingerprint density at radius 1 is 1.29 bits per heavy atom. The van der Waals surface area contributed by atoms with E-state index < -0.39 is 0 Å². The van der Waals surface area contributed by atoms with Crippen LogP contribution in [0.5, 0.6) is 0 Å². The second-order valence-electron chi connectivity index (χ2n) is 7.21. The molecular formula is C19H27N3O2. The number of hydrogen-bond acceptors (Lipinski definition) is 3. The SMILES string of the molecule is CC1CCN(C(=O)C2CC(=O)N(Cc3ccccc3)C2)C(CN)C1. The third kappa shape index (κ3) is 3.61. The summed E-state index contributed by atoms with van der Waals surface area (Å²) < 4.78 is 0. The fourth-order valence-corrected chi connectivity index (χ4v) is 3.89. The van der Waals surface area contributed by atoms with Crippen LogP contribution in [0, 0.1) is 11.8 Å². The molecule has 2 saturated heterocycles. The Labute approximate surface area is 143 Å². The first-order valence-electron chi connectivity index (χ1n) is 8.90. The molecule has 0 aromatic heterocycles. The lowest BCUT2D eigenvalue weighted by atomic mass is 9.91. The number of piperidine rings is 1. The van der Waals surface area contributed by atoms with E-state index in [4.69, 9.17) is 5.73 Å². The molecule has 1 aromatic carbocycles. The molecule has 2 aliphatic rings. The van der Waals surface area contributed by atoms with Gasteiger partial charge in [-0.2, -0.15) is 0 Å². The van der Waals surface area contributed by atoms with Crippen LogP contribution < -0.4 is 5.73 Å². The molecule has 2 fully saturated rings. The maximum atomic E-state index is 12.9. The quantitative estimate of drug-likeness (QED) is 0.913. The van der Waals surface area contributed by atoms with Gasteiger partial charge in [-0.05, 0) is 24.3 Å². The normalized spacial score (nSPS) is 27.6. The molecule has 3 unspecified atom stereocenters. The van der Waals surface area contributed by atoms with Gasteiger partial charge in [-0.3, -0.25) is 9.59 Å². The molecular weight excluding hydrogens is 302 g/mol. The predicted octanol–water partition coefficient (Wildman–Crippen LogP) is 1.62. The Bertz CT molecular complexity index is 590. The molecule has 0 aliphatic carbocycles. The average Bonchev–Trinajstić information content (AvgIpc) is 2.96. The standard InChI is InChI=1S/C19H27N3O2/c1-14-7-8-22(17(9-14)11-20)19(24)16-10-18(23)21(13-16)12-15-5-3-2-4-6-15/h2-6,14,16-17H,7-13,20H2,1H3. The first-order chi connectivity index (χ1) is 11.6. The Morgan fingerprint density at radius 3 is 2.75 bits per heavy atom. The number of carbonyl (C=O) groups is 2. The van der Waals surface area contributed by atoms with Gasteiger partial charge in [0.1, 0.15) is 0 Å². The van der Waals surface area contributed by atoms with Crippen LogP contribution in [0.4, 0.5) is 0 Å². The number of rotatable bonds is 4. The van der Waals surface area contributed by atoms with E-state index in [-0.39, 0.29) is 23.8 Å². The highest BCUT2D eigenvalue weighted by molar-refractivity contribution is 5.89. The fourth-order valence-electron chi connectivity index (χ4n) is 3.89. The molecule has 130 valence electrons. The van der Waals surface area contributed by atoms with E-state index in [1.807, 2.05) is 40.1 Å². The van der Waals surface area contributed by atoms with Crippen molar-refractivity contribution < 1.29 is 9.59 Å². The van der Waals surface area contributed by atoms with Crippen molar-refractivity contribution in [3.8, 4) is 0 Å². The van der Waals surface area contributed by atoms with Gasteiger partial charge in [-0.15, -0.1) is 0 Å². The molecule has 2 amide bonds. The number of carbonyl (C=O) groups excluding carboxylic acids is 2. The van der Waals surface area contributed by atoms with Crippen molar-refractivity contribution in [1.29, 1.82) is 0 Å². The zero-order valence-corrected chi connectivity index (χ0v) is 14.4. The lowest BCUT2D eigenvalue weighted by molar-refractivity contribution is -0.139. The maximum absolute atomic E-state index is 12.9. The highest BCUT2D eigenvalue weighted by Gasteiger charge is 2.39. The third-order valence-electron chi connectivity index (χ3n) is 5.31. The molecule has 0 radical (unpaired) electrons. The molecule has 3 rings (SSSR count). The van der Waals surface area contributed by atoms with Crippen LogP contribution in [0.3, 0.4) is 0 Å². The van der Waals surface area contributed by atoms with E-state index >= 15 is 0 Å². The van der Waals surface area contributed by atoms with E-state index in [0.717, 1.165) is 24.9 Å². The second-order valence-corrected chi connectivity index (χ2v) is 7.21. The molecule has 2 N–H and O–H groups in total. The van der Waals surface area contributed by atoms with Crippen molar-refractivity contribution in [1.82, 2.24) is 9.80 Å². The van der Waals surface area contributed by atoms with E-state index in [9.17, 15) is 9.59 Å². The van der Waals surface area contributed by atoms with Crippen molar-refractivity contribution in [2.75, 3.05) is 19.6 Å². The summed E-state index contributed by atoms with van der Waals surface area (Å²) in [6.07, 6.45) is 2.32. The molecule has 5 nitrogen and oxygen atoms in total. The highest BCUT2D eigenvalue weighted by Crippen LogP contribution is 2.27. The van der Waals surface area contributed by atoms with Gasteiger partial charge in [0.15, 0.2) is 0 Å². The summed E-state index contributed by atoms with van der Waals surface area (Å²) in [6.45, 7) is 4.59. The Kier molecular flexibility index (Phi) is 5.19. The molecule has 5 heteroatoms. The second kappa shape index (κ2) is 7.34. The molecule has 24 heavy (non-hydrogen) atoms. The van der Waals surface area contributed by atoms with E-state index in [1.165, 1.54) is 0 Å². The van der Waals surface area contributed by atoms with Gasteiger partial charge >= 0.3 is 0 Å². The number of amides is 2. The number of likely N-dealkylation sites (tertiary alicyclic amines) is 2. The van der Waals surface area contributed by atoms with Crippen LogP contribution in [0.15, 0.2) is 30.3 Å². The van der Waals surface area contributed by atoms with Gasteiger partial charge in [0, 0.05) is 38.6 Å². The van der Waals surface area contributed by atoms with Crippen LogP contribution in [0.1, 0.15) is 31.7 Å². The van der Waals surface area contributed by atoms with Crippen molar-refractivity contribution >= 4 is 11.8 Å². The molecule has 0 spiro atoms.